The third kappa shape index (κ3) is 5.73. The van der Waals surface area contributed by atoms with Gasteiger partial charge in [-0.25, -0.2) is 14.4 Å². The van der Waals surface area contributed by atoms with Crippen LogP contribution in [-0.4, -0.2) is 33.2 Å². The maximum absolute atomic E-state index is 10.3. The van der Waals surface area contributed by atoms with Crippen LogP contribution < -0.4 is 0 Å². The second kappa shape index (κ2) is 6.78. The predicted octanol–water partition coefficient (Wildman–Crippen LogP) is 1.34. The van der Waals surface area contributed by atoms with Crippen molar-refractivity contribution >= 4 is 17.9 Å². The summed E-state index contributed by atoms with van der Waals surface area (Å²) in [5, 5.41) is 24.5. The van der Waals surface area contributed by atoms with Crippen molar-refractivity contribution in [2.45, 2.75) is 0 Å². The monoisotopic (exact) mass is 238 g/mol. The minimum atomic E-state index is -1.06. The van der Waals surface area contributed by atoms with E-state index >= 15 is 0 Å². The average molecular weight is 238 g/mol. The van der Waals surface area contributed by atoms with Gasteiger partial charge in [0.25, 0.3) is 0 Å². The minimum absolute atomic E-state index is 0.0833. The number of carboxylic acids is 3. The molecule has 90 valence electrons. The average Bonchev–Trinajstić information content (AvgIpc) is 2.29. The molecule has 1 aromatic rings. The normalized spacial score (nSPS) is 8.47. The summed E-state index contributed by atoms with van der Waals surface area (Å²) in [7, 11) is 0. The van der Waals surface area contributed by atoms with Crippen LogP contribution in [0.4, 0.5) is 0 Å². The zero-order valence-corrected chi connectivity index (χ0v) is 8.66. The minimum Gasteiger partial charge on any atom is -0.478 e. The van der Waals surface area contributed by atoms with E-state index in [0.29, 0.717) is 0 Å². The first-order valence-electron chi connectivity index (χ1n) is 4.30. The number of aliphatic carboxylic acids is 1. The van der Waals surface area contributed by atoms with Crippen molar-refractivity contribution in [3.63, 3.8) is 0 Å². The van der Waals surface area contributed by atoms with Gasteiger partial charge in [-0.2, -0.15) is 0 Å². The van der Waals surface area contributed by atoms with E-state index in [-0.39, 0.29) is 11.1 Å². The van der Waals surface area contributed by atoms with Crippen LogP contribution >= 0.6 is 0 Å². The van der Waals surface area contributed by atoms with Gasteiger partial charge < -0.3 is 15.3 Å². The van der Waals surface area contributed by atoms with E-state index in [1.165, 1.54) is 24.3 Å². The van der Waals surface area contributed by atoms with Crippen molar-refractivity contribution in [1.82, 2.24) is 0 Å². The van der Waals surface area contributed by atoms with Gasteiger partial charge in [0.1, 0.15) is 0 Å². The first-order valence-corrected chi connectivity index (χ1v) is 4.30. The number of benzene rings is 1. The molecular formula is C11H10O6. The van der Waals surface area contributed by atoms with Crippen molar-refractivity contribution in [2.75, 3.05) is 0 Å². The Morgan fingerprint density at radius 2 is 1.12 bits per heavy atom. The Balaban J connectivity index is 0.000000437. The molecule has 0 fully saturated rings. The molecule has 6 heteroatoms. The van der Waals surface area contributed by atoms with Gasteiger partial charge in [-0.15, -0.1) is 0 Å². The third-order valence-corrected chi connectivity index (χ3v) is 1.55. The summed E-state index contributed by atoms with van der Waals surface area (Å²) >= 11 is 0. The molecule has 0 aromatic heterocycles. The zero-order valence-electron chi connectivity index (χ0n) is 8.66. The summed E-state index contributed by atoms with van der Waals surface area (Å²) in [4.78, 5) is 29.9. The maximum atomic E-state index is 10.3. The summed E-state index contributed by atoms with van der Waals surface area (Å²) in [6, 6.07) is 5.02. The quantitative estimate of drug-likeness (QED) is 0.685. The third-order valence-electron chi connectivity index (χ3n) is 1.55. The zero-order chi connectivity index (χ0) is 13.4. The number of carbonyl (C=O) groups is 3. The fourth-order valence-electron chi connectivity index (χ4n) is 0.755. The first-order chi connectivity index (χ1) is 7.88. The summed E-state index contributed by atoms with van der Waals surface area (Å²) in [6.45, 7) is 2.96. The molecule has 6 nitrogen and oxygen atoms in total. The maximum Gasteiger partial charge on any atom is 0.335 e. The molecule has 0 radical (unpaired) electrons. The molecule has 0 aliphatic rings. The SMILES string of the molecule is C=CC(=O)O.O=C(O)c1ccc(C(=O)O)cc1. The van der Waals surface area contributed by atoms with Crippen LogP contribution in [0.25, 0.3) is 0 Å². The molecule has 0 unspecified atom stereocenters. The Hall–Kier alpha value is -2.63. The summed E-state index contributed by atoms with van der Waals surface area (Å²) in [6.07, 6.45) is 0.833. The van der Waals surface area contributed by atoms with Gasteiger partial charge in [0.15, 0.2) is 0 Å². The topological polar surface area (TPSA) is 112 Å². The van der Waals surface area contributed by atoms with E-state index in [9.17, 15) is 14.4 Å². The molecular weight excluding hydrogens is 228 g/mol. The highest BCUT2D eigenvalue weighted by atomic mass is 16.4. The summed E-state index contributed by atoms with van der Waals surface area (Å²) in [5.41, 5.74) is 0.167. The van der Waals surface area contributed by atoms with Gasteiger partial charge in [0.05, 0.1) is 11.1 Å². The van der Waals surface area contributed by atoms with Crippen LogP contribution in [0.5, 0.6) is 0 Å². The lowest BCUT2D eigenvalue weighted by Crippen LogP contribution is -1.99. The molecule has 0 aliphatic carbocycles. The van der Waals surface area contributed by atoms with E-state index in [0.717, 1.165) is 6.08 Å². The van der Waals surface area contributed by atoms with E-state index in [4.69, 9.17) is 15.3 Å². The molecule has 0 bridgehead atoms. The van der Waals surface area contributed by atoms with E-state index in [2.05, 4.69) is 6.58 Å². The number of rotatable bonds is 3. The highest BCUT2D eigenvalue weighted by Gasteiger charge is 2.04. The lowest BCUT2D eigenvalue weighted by molar-refractivity contribution is -0.131. The van der Waals surface area contributed by atoms with Crippen LogP contribution in [0, 0.1) is 0 Å². The van der Waals surface area contributed by atoms with Gasteiger partial charge in [-0.1, -0.05) is 6.58 Å². The Kier molecular flexibility index (Phi) is 5.73. The van der Waals surface area contributed by atoms with Crippen LogP contribution in [0.3, 0.4) is 0 Å². The van der Waals surface area contributed by atoms with Gasteiger partial charge in [0.2, 0.25) is 0 Å². The Labute approximate surface area is 96.4 Å². The standard InChI is InChI=1S/C8H6O4.C3H4O2/c9-7(10)5-1-2-6(4-3-5)8(11)12;1-2-3(4)5/h1-4H,(H,9,10)(H,11,12);2H,1H2,(H,4,5). The molecule has 3 N–H and O–H groups in total. The molecule has 1 rings (SSSR count). The Morgan fingerprint density at radius 1 is 0.882 bits per heavy atom. The van der Waals surface area contributed by atoms with Crippen molar-refractivity contribution in [3.8, 4) is 0 Å². The smallest absolute Gasteiger partial charge is 0.335 e. The lowest BCUT2D eigenvalue weighted by Gasteiger charge is -1.94. The summed E-state index contributed by atoms with van der Waals surface area (Å²) < 4.78 is 0. The number of hydrogen-bond acceptors (Lipinski definition) is 3. The van der Waals surface area contributed by atoms with E-state index < -0.39 is 17.9 Å². The lowest BCUT2D eigenvalue weighted by atomic mass is 10.1. The van der Waals surface area contributed by atoms with Gasteiger partial charge >= 0.3 is 17.9 Å². The van der Waals surface area contributed by atoms with Crippen molar-refractivity contribution in [1.29, 1.82) is 0 Å². The molecule has 1 aromatic carbocycles. The second-order valence-electron chi connectivity index (χ2n) is 2.73. The molecule has 0 amide bonds. The molecule has 0 atom stereocenters. The highest BCUT2D eigenvalue weighted by Crippen LogP contribution is 2.03. The summed E-state index contributed by atoms with van der Waals surface area (Å²) in [5.74, 6) is -3.11. The molecule has 0 spiro atoms. The molecule has 0 heterocycles. The second-order valence-corrected chi connectivity index (χ2v) is 2.73. The molecule has 0 saturated carbocycles. The molecule has 17 heavy (non-hydrogen) atoms. The van der Waals surface area contributed by atoms with Crippen LogP contribution in [0.15, 0.2) is 36.9 Å². The number of hydrogen-bond donors (Lipinski definition) is 3. The highest BCUT2D eigenvalue weighted by molar-refractivity contribution is 5.91. The Bertz CT molecular complexity index is 399. The van der Waals surface area contributed by atoms with E-state index in [1.807, 2.05) is 0 Å². The van der Waals surface area contributed by atoms with Gasteiger partial charge in [0, 0.05) is 6.08 Å². The number of aromatic carboxylic acids is 2. The van der Waals surface area contributed by atoms with Crippen LogP contribution in [-0.2, 0) is 4.79 Å². The van der Waals surface area contributed by atoms with Gasteiger partial charge in [-0.05, 0) is 24.3 Å². The van der Waals surface area contributed by atoms with Crippen LogP contribution in [0.2, 0.25) is 0 Å². The first kappa shape index (κ1) is 14.4. The van der Waals surface area contributed by atoms with Crippen LogP contribution in [0.1, 0.15) is 20.7 Å². The van der Waals surface area contributed by atoms with Gasteiger partial charge in [-0.3, -0.25) is 0 Å². The molecule has 0 aliphatic heterocycles. The van der Waals surface area contributed by atoms with E-state index in [1.54, 1.807) is 0 Å². The van der Waals surface area contributed by atoms with Crippen molar-refractivity contribution in [3.05, 3.63) is 48.0 Å². The molecule has 0 saturated heterocycles. The number of carboxylic acid groups (broad SMARTS) is 3. The van der Waals surface area contributed by atoms with Crippen molar-refractivity contribution < 1.29 is 29.7 Å². The predicted molar refractivity (Wildman–Crippen MR) is 58.2 cm³/mol. The fraction of sp³-hybridized carbons (Fsp3) is 0. The van der Waals surface area contributed by atoms with Crippen molar-refractivity contribution in [2.24, 2.45) is 0 Å². The largest absolute Gasteiger partial charge is 0.478 e. The fourth-order valence-corrected chi connectivity index (χ4v) is 0.755. The Morgan fingerprint density at radius 3 is 1.24 bits per heavy atom.